The SMILES string of the molecule is C=CC(Cl)=NC(C(=C)CC(=C)c1ccccc1)c1cccc2ccccc12. The van der Waals surface area contributed by atoms with Crippen LogP contribution < -0.4 is 0 Å². The molecule has 0 spiro atoms. The quantitative estimate of drug-likeness (QED) is 0.304. The van der Waals surface area contributed by atoms with Gasteiger partial charge in [-0.1, -0.05) is 104 Å². The fourth-order valence-electron chi connectivity index (χ4n) is 3.19. The van der Waals surface area contributed by atoms with Crippen LogP contribution in [0, 0.1) is 0 Å². The minimum atomic E-state index is -0.262. The molecule has 0 aromatic heterocycles. The molecule has 3 aromatic carbocycles. The Morgan fingerprint density at radius 2 is 1.59 bits per heavy atom. The zero-order chi connectivity index (χ0) is 19.2. The molecule has 27 heavy (non-hydrogen) atoms. The second-order valence-electron chi connectivity index (χ2n) is 6.43. The van der Waals surface area contributed by atoms with Gasteiger partial charge in [0.2, 0.25) is 0 Å². The monoisotopic (exact) mass is 371 g/mol. The lowest BCUT2D eigenvalue weighted by Crippen LogP contribution is -2.03. The highest BCUT2D eigenvalue weighted by Crippen LogP contribution is 2.35. The topological polar surface area (TPSA) is 12.4 Å². The van der Waals surface area contributed by atoms with E-state index in [2.05, 4.69) is 61.1 Å². The average molecular weight is 372 g/mol. The summed E-state index contributed by atoms with van der Waals surface area (Å²) in [4.78, 5) is 4.69. The Morgan fingerprint density at radius 1 is 0.926 bits per heavy atom. The highest BCUT2D eigenvalue weighted by molar-refractivity contribution is 6.68. The maximum absolute atomic E-state index is 6.23. The van der Waals surface area contributed by atoms with E-state index in [1.165, 1.54) is 5.39 Å². The third kappa shape index (κ3) is 4.45. The summed E-state index contributed by atoms with van der Waals surface area (Å²) in [6.07, 6.45) is 2.20. The number of fused-ring (bicyclic) bond motifs is 1. The lowest BCUT2D eigenvalue weighted by Gasteiger charge is -2.19. The van der Waals surface area contributed by atoms with Crippen molar-refractivity contribution in [3.8, 4) is 0 Å². The summed E-state index contributed by atoms with van der Waals surface area (Å²) in [5, 5.41) is 2.69. The van der Waals surface area contributed by atoms with Crippen molar-refractivity contribution in [3.05, 3.63) is 115 Å². The van der Waals surface area contributed by atoms with Gasteiger partial charge in [0, 0.05) is 0 Å². The van der Waals surface area contributed by atoms with Crippen molar-refractivity contribution in [3.63, 3.8) is 0 Å². The van der Waals surface area contributed by atoms with Gasteiger partial charge < -0.3 is 0 Å². The molecule has 1 unspecified atom stereocenters. The molecule has 0 aliphatic carbocycles. The van der Waals surface area contributed by atoms with Gasteiger partial charge in [0.1, 0.15) is 5.17 Å². The molecule has 0 N–H and O–H groups in total. The minimum Gasteiger partial charge on any atom is -0.261 e. The molecule has 0 radical (unpaired) electrons. The number of halogens is 1. The van der Waals surface area contributed by atoms with Crippen LogP contribution in [0.3, 0.4) is 0 Å². The van der Waals surface area contributed by atoms with Crippen LogP contribution >= 0.6 is 11.6 Å². The first kappa shape index (κ1) is 18.9. The molecule has 1 atom stereocenters. The standard InChI is InChI=1S/C25H22ClN/c1-4-24(26)27-25(19(3)17-18(2)20-11-6-5-7-12-20)23-16-10-14-21-13-8-9-15-22(21)23/h4-16,25H,1-3,17H2. The van der Waals surface area contributed by atoms with Crippen LogP contribution in [-0.2, 0) is 0 Å². The van der Waals surface area contributed by atoms with Gasteiger partial charge in [-0.3, -0.25) is 4.99 Å². The Labute approximate surface area is 166 Å². The van der Waals surface area contributed by atoms with Gasteiger partial charge in [-0.05, 0) is 45.5 Å². The van der Waals surface area contributed by atoms with Crippen molar-refractivity contribution in [2.24, 2.45) is 4.99 Å². The predicted molar refractivity (Wildman–Crippen MR) is 119 cm³/mol. The molecule has 0 heterocycles. The molecule has 134 valence electrons. The van der Waals surface area contributed by atoms with Gasteiger partial charge in [0.15, 0.2) is 0 Å². The number of aliphatic imine (C=N–C) groups is 1. The van der Waals surface area contributed by atoms with E-state index in [4.69, 9.17) is 11.6 Å². The molecule has 0 saturated heterocycles. The molecule has 2 heteroatoms. The first-order valence-electron chi connectivity index (χ1n) is 8.84. The Bertz CT molecular complexity index is 1010. The van der Waals surface area contributed by atoms with Crippen molar-refractivity contribution in [2.45, 2.75) is 12.5 Å². The number of nitrogens with zero attached hydrogens (tertiary/aromatic N) is 1. The van der Waals surface area contributed by atoms with E-state index in [0.717, 1.165) is 27.7 Å². The zero-order valence-corrected chi connectivity index (χ0v) is 16.0. The van der Waals surface area contributed by atoms with Crippen molar-refractivity contribution >= 4 is 33.1 Å². The summed E-state index contributed by atoms with van der Waals surface area (Å²) in [6.45, 7) is 12.3. The fraction of sp³-hybridized carbons (Fsp3) is 0.0800. The molecule has 1 nitrogen and oxygen atoms in total. The highest BCUT2D eigenvalue weighted by atomic mass is 35.5. The largest absolute Gasteiger partial charge is 0.261 e. The molecule has 3 rings (SSSR count). The van der Waals surface area contributed by atoms with Crippen molar-refractivity contribution < 1.29 is 0 Å². The van der Waals surface area contributed by atoms with E-state index >= 15 is 0 Å². The summed E-state index contributed by atoms with van der Waals surface area (Å²) in [5.74, 6) is 0. The first-order valence-corrected chi connectivity index (χ1v) is 9.22. The molecule has 0 bridgehead atoms. The third-order valence-corrected chi connectivity index (χ3v) is 4.80. The summed E-state index contributed by atoms with van der Waals surface area (Å²) in [7, 11) is 0. The van der Waals surface area contributed by atoms with Crippen molar-refractivity contribution in [2.75, 3.05) is 0 Å². The van der Waals surface area contributed by atoms with E-state index in [1.807, 2.05) is 36.4 Å². The summed E-state index contributed by atoms with van der Waals surface area (Å²) in [6, 6.07) is 24.4. The van der Waals surface area contributed by atoms with E-state index in [0.29, 0.717) is 11.6 Å². The van der Waals surface area contributed by atoms with Gasteiger partial charge >= 0.3 is 0 Å². The van der Waals surface area contributed by atoms with Crippen LogP contribution in [0.15, 0.2) is 109 Å². The van der Waals surface area contributed by atoms with E-state index in [-0.39, 0.29) is 6.04 Å². The van der Waals surface area contributed by atoms with Gasteiger partial charge in [-0.15, -0.1) is 0 Å². The zero-order valence-electron chi connectivity index (χ0n) is 15.2. The Kier molecular flexibility index (Phi) is 6.05. The predicted octanol–water partition coefficient (Wildman–Crippen LogP) is 7.36. The van der Waals surface area contributed by atoms with E-state index < -0.39 is 0 Å². The number of hydrogen-bond acceptors (Lipinski definition) is 1. The van der Waals surface area contributed by atoms with Crippen molar-refractivity contribution in [1.29, 1.82) is 0 Å². The molecule has 0 aliphatic rings. The van der Waals surface area contributed by atoms with Crippen LogP contribution in [0.1, 0.15) is 23.6 Å². The molecular formula is C25H22ClN. The average Bonchev–Trinajstić information content (AvgIpc) is 2.72. The first-order chi connectivity index (χ1) is 13.1. The maximum Gasteiger partial charge on any atom is 0.124 e. The Morgan fingerprint density at radius 3 is 2.33 bits per heavy atom. The second-order valence-corrected chi connectivity index (χ2v) is 6.82. The van der Waals surface area contributed by atoms with E-state index in [1.54, 1.807) is 6.08 Å². The maximum atomic E-state index is 6.23. The molecule has 3 aromatic rings. The number of allylic oxidation sites excluding steroid dienone is 2. The smallest absolute Gasteiger partial charge is 0.124 e. The van der Waals surface area contributed by atoms with Crippen LogP contribution in [-0.4, -0.2) is 5.17 Å². The summed E-state index contributed by atoms with van der Waals surface area (Å²) in [5.41, 5.74) is 4.14. The fourth-order valence-corrected chi connectivity index (χ4v) is 3.29. The number of benzene rings is 3. The van der Waals surface area contributed by atoms with Gasteiger partial charge in [-0.25, -0.2) is 0 Å². The van der Waals surface area contributed by atoms with Crippen molar-refractivity contribution in [1.82, 2.24) is 0 Å². The molecule has 0 saturated carbocycles. The Balaban J connectivity index is 2.00. The summed E-state index contributed by atoms with van der Waals surface area (Å²) >= 11 is 6.23. The van der Waals surface area contributed by atoms with Crippen LogP contribution in [0.25, 0.3) is 16.3 Å². The molecular weight excluding hydrogens is 350 g/mol. The molecule has 0 amide bonds. The lowest BCUT2D eigenvalue weighted by atomic mass is 9.90. The minimum absolute atomic E-state index is 0.262. The van der Waals surface area contributed by atoms with Gasteiger partial charge in [-0.2, -0.15) is 0 Å². The normalized spacial score (nSPS) is 12.6. The number of hydrogen-bond donors (Lipinski definition) is 0. The highest BCUT2D eigenvalue weighted by Gasteiger charge is 2.18. The van der Waals surface area contributed by atoms with Gasteiger partial charge in [0.05, 0.1) is 6.04 Å². The lowest BCUT2D eigenvalue weighted by molar-refractivity contribution is 0.842. The van der Waals surface area contributed by atoms with E-state index in [9.17, 15) is 0 Å². The van der Waals surface area contributed by atoms with Gasteiger partial charge in [0.25, 0.3) is 0 Å². The van der Waals surface area contributed by atoms with Crippen LogP contribution in [0.2, 0.25) is 0 Å². The molecule has 0 aliphatic heterocycles. The molecule has 0 fully saturated rings. The third-order valence-electron chi connectivity index (χ3n) is 4.55. The van der Waals surface area contributed by atoms with Crippen LogP contribution in [0.5, 0.6) is 0 Å². The summed E-state index contributed by atoms with van der Waals surface area (Å²) < 4.78 is 0. The Hall–Kier alpha value is -2.90. The number of rotatable bonds is 7. The second kappa shape index (κ2) is 8.66. The van der Waals surface area contributed by atoms with Crippen LogP contribution in [0.4, 0.5) is 0 Å².